The maximum atomic E-state index is 12.2. The molecule has 23 heavy (non-hydrogen) atoms. The molecule has 6 heteroatoms. The third-order valence-electron chi connectivity index (χ3n) is 4.67. The van der Waals surface area contributed by atoms with Crippen LogP contribution in [-0.2, 0) is 4.79 Å². The van der Waals surface area contributed by atoms with Gasteiger partial charge in [-0.05, 0) is 31.9 Å². The minimum Gasteiger partial charge on any atom is -0.487 e. The lowest BCUT2D eigenvalue weighted by Gasteiger charge is -2.40. The number of amides is 2. The monoisotopic (exact) mass is 318 g/mol. The van der Waals surface area contributed by atoms with Crippen LogP contribution in [0.25, 0.3) is 0 Å². The van der Waals surface area contributed by atoms with E-state index >= 15 is 0 Å². The van der Waals surface area contributed by atoms with Crippen LogP contribution in [0.2, 0.25) is 0 Å². The highest BCUT2D eigenvalue weighted by molar-refractivity contribution is 5.86. The lowest BCUT2D eigenvalue weighted by Crippen LogP contribution is -2.63. The van der Waals surface area contributed by atoms with Crippen molar-refractivity contribution < 1.29 is 19.4 Å². The van der Waals surface area contributed by atoms with E-state index in [4.69, 9.17) is 4.74 Å². The Bertz CT molecular complexity index is 587. The van der Waals surface area contributed by atoms with Gasteiger partial charge in [-0.2, -0.15) is 0 Å². The first-order chi connectivity index (χ1) is 11.0. The number of nitrogens with one attached hydrogen (secondary N) is 1. The molecule has 124 valence electrons. The fraction of sp³-hybridized carbons (Fsp3) is 0.529. The molecule has 0 radical (unpaired) electrons. The maximum absolute atomic E-state index is 12.2. The number of urea groups is 1. The fourth-order valence-corrected chi connectivity index (χ4v) is 3.14. The molecule has 0 aromatic heterocycles. The largest absolute Gasteiger partial charge is 0.487 e. The third kappa shape index (κ3) is 3.25. The second-order valence-electron chi connectivity index (χ2n) is 6.48. The average Bonchev–Trinajstić information content (AvgIpc) is 2.94. The highest BCUT2D eigenvalue weighted by Gasteiger charge is 2.45. The van der Waals surface area contributed by atoms with Crippen LogP contribution in [0, 0.1) is 6.92 Å². The summed E-state index contributed by atoms with van der Waals surface area (Å²) in [7, 11) is 0. The molecule has 1 aromatic rings. The molecule has 2 fully saturated rings. The van der Waals surface area contributed by atoms with Crippen molar-refractivity contribution in [3.05, 3.63) is 29.8 Å². The zero-order valence-electron chi connectivity index (χ0n) is 13.2. The number of ether oxygens (including phenoxy) is 1. The van der Waals surface area contributed by atoms with E-state index in [2.05, 4.69) is 5.32 Å². The first-order valence-corrected chi connectivity index (χ1v) is 8.02. The van der Waals surface area contributed by atoms with Gasteiger partial charge in [0.25, 0.3) is 0 Å². The number of benzene rings is 1. The van der Waals surface area contributed by atoms with Crippen molar-refractivity contribution in [2.45, 2.75) is 44.2 Å². The summed E-state index contributed by atoms with van der Waals surface area (Å²) in [6, 6.07) is 7.48. The number of rotatable bonds is 4. The molecule has 2 aliphatic rings. The van der Waals surface area contributed by atoms with Crippen molar-refractivity contribution in [3.8, 4) is 5.75 Å². The summed E-state index contributed by atoms with van der Waals surface area (Å²) in [6.07, 6.45) is 2.65. The minimum atomic E-state index is -1.08. The molecule has 0 atom stereocenters. The van der Waals surface area contributed by atoms with Crippen molar-refractivity contribution in [2.75, 3.05) is 13.1 Å². The standard InChI is InChI=1S/C17H22N2O4/c1-12-4-6-13(7-5-12)23-14-10-19(11-14)16(22)18-17(15(20)21)8-2-3-9-17/h4-7,14H,2-3,8-11H2,1H3,(H,18,22)(H,20,21). The Hall–Kier alpha value is -2.24. The van der Waals surface area contributed by atoms with E-state index in [0.29, 0.717) is 25.9 Å². The second kappa shape index (κ2) is 6.10. The molecule has 2 amide bonds. The quantitative estimate of drug-likeness (QED) is 0.892. The number of aryl methyl sites for hydroxylation is 1. The molecule has 0 spiro atoms. The van der Waals surface area contributed by atoms with Gasteiger partial charge in [-0.25, -0.2) is 9.59 Å². The van der Waals surface area contributed by atoms with E-state index in [-0.39, 0.29) is 12.1 Å². The molecule has 1 heterocycles. The van der Waals surface area contributed by atoms with Crippen molar-refractivity contribution in [1.82, 2.24) is 10.2 Å². The van der Waals surface area contributed by atoms with E-state index in [1.807, 2.05) is 31.2 Å². The number of carboxylic acid groups (broad SMARTS) is 1. The summed E-state index contributed by atoms with van der Waals surface area (Å²) in [5, 5.41) is 12.1. The molecular formula is C17H22N2O4. The van der Waals surface area contributed by atoms with Crippen molar-refractivity contribution >= 4 is 12.0 Å². The van der Waals surface area contributed by atoms with Crippen LogP contribution in [-0.4, -0.2) is 46.7 Å². The van der Waals surface area contributed by atoms with E-state index in [1.54, 1.807) is 4.90 Å². The Morgan fingerprint density at radius 3 is 2.39 bits per heavy atom. The maximum Gasteiger partial charge on any atom is 0.329 e. The molecule has 1 aliphatic carbocycles. The van der Waals surface area contributed by atoms with Gasteiger partial charge in [-0.15, -0.1) is 0 Å². The number of hydrogen-bond donors (Lipinski definition) is 2. The van der Waals surface area contributed by atoms with E-state index in [9.17, 15) is 14.7 Å². The van der Waals surface area contributed by atoms with Crippen LogP contribution < -0.4 is 10.1 Å². The van der Waals surface area contributed by atoms with E-state index in [0.717, 1.165) is 18.6 Å². The van der Waals surface area contributed by atoms with Gasteiger partial charge in [-0.3, -0.25) is 0 Å². The molecule has 6 nitrogen and oxygen atoms in total. The smallest absolute Gasteiger partial charge is 0.329 e. The van der Waals surface area contributed by atoms with Gasteiger partial charge < -0.3 is 20.1 Å². The number of carbonyl (C=O) groups excluding carboxylic acids is 1. The summed E-state index contributed by atoms with van der Waals surface area (Å²) in [5.74, 6) is -0.144. The van der Waals surface area contributed by atoms with Crippen molar-refractivity contribution in [2.24, 2.45) is 0 Å². The molecule has 1 saturated heterocycles. The summed E-state index contributed by atoms with van der Waals surface area (Å²) in [5.41, 5.74) is 0.0856. The fourth-order valence-electron chi connectivity index (χ4n) is 3.14. The van der Waals surface area contributed by atoms with E-state index in [1.165, 1.54) is 5.56 Å². The zero-order chi connectivity index (χ0) is 16.4. The van der Waals surface area contributed by atoms with Gasteiger partial charge in [0.1, 0.15) is 17.4 Å². The van der Waals surface area contributed by atoms with Gasteiger partial charge in [0, 0.05) is 0 Å². The van der Waals surface area contributed by atoms with Gasteiger partial charge in [0.15, 0.2) is 0 Å². The Morgan fingerprint density at radius 2 is 1.83 bits per heavy atom. The summed E-state index contributed by atoms with van der Waals surface area (Å²) in [4.78, 5) is 25.3. The number of hydrogen-bond acceptors (Lipinski definition) is 3. The highest BCUT2D eigenvalue weighted by Crippen LogP contribution is 2.30. The summed E-state index contributed by atoms with van der Waals surface area (Å²) < 4.78 is 5.79. The molecule has 0 unspecified atom stereocenters. The first-order valence-electron chi connectivity index (χ1n) is 8.02. The highest BCUT2D eigenvalue weighted by atomic mass is 16.5. The van der Waals surface area contributed by atoms with Crippen LogP contribution in [0.1, 0.15) is 31.2 Å². The van der Waals surface area contributed by atoms with Crippen LogP contribution in [0.3, 0.4) is 0 Å². The zero-order valence-corrected chi connectivity index (χ0v) is 13.2. The Kier molecular flexibility index (Phi) is 4.15. The second-order valence-corrected chi connectivity index (χ2v) is 6.48. The SMILES string of the molecule is Cc1ccc(OC2CN(C(=O)NC3(C(=O)O)CCCC3)C2)cc1. The summed E-state index contributed by atoms with van der Waals surface area (Å²) >= 11 is 0. The normalized spacial score (nSPS) is 20.0. The average molecular weight is 318 g/mol. The molecule has 2 N–H and O–H groups in total. The predicted molar refractivity (Wildman–Crippen MR) is 84.5 cm³/mol. The lowest BCUT2D eigenvalue weighted by molar-refractivity contribution is -0.144. The third-order valence-corrected chi connectivity index (χ3v) is 4.67. The van der Waals surface area contributed by atoms with Crippen LogP contribution in [0.5, 0.6) is 5.75 Å². The molecule has 1 aromatic carbocycles. The van der Waals surface area contributed by atoms with Crippen molar-refractivity contribution in [3.63, 3.8) is 0 Å². The van der Waals surface area contributed by atoms with Gasteiger partial charge in [0.2, 0.25) is 0 Å². The minimum absolute atomic E-state index is 0.0344. The molecule has 0 bridgehead atoms. The van der Waals surface area contributed by atoms with Crippen LogP contribution in [0.4, 0.5) is 4.79 Å². The van der Waals surface area contributed by atoms with Crippen LogP contribution >= 0.6 is 0 Å². The molecule has 1 aliphatic heterocycles. The lowest BCUT2D eigenvalue weighted by atomic mass is 9.98. The summed E-state index contributed by atoms with van der Waals surface area (Å²) in [6.45, 7) is 2.98. The van der Waals surface area contributed by atoms with E-state index < -0.39 is 11.5 Å². The van der Waals surface area contributed by atoms with Gasteiger partial charge in [0.05, 0.1) is 13.1 Å². The number of aliphatic carboxylic acids is 1. The van der Waals surface area contributed by atoms with Gasteiger partial charge >= 0.3 is 12.0 Å². The van der Waals surface area contributed by atoms with Crippen LogP contribution in [0.15, 0.2) is 24.3 Å². The van der Waals surface area contributed by atoms with Crippen molar-refractivity contribution in [1.29, 1.82) is 0 Å². The van der Waals surface area contributed by atoms with Gasteiger partial charge in [-0.1, -0.05) is 30.5 Å². The number of carboxylic acids is 1. The number of nitrogens with zero attached hydrogens (tertiary/aromatic N) is 1. The molecule has 3 rings (SSSR count). The topological polar surface area (TPSA) is 78.9 Å². The number of carbonyl (C=O) groups is 2. The molecule has 1 saturated carbocycles. The Balaban J connectivity index is 1.50. The molecular weight excluding hydrogens is 296 g/mol. The first kappa shape index (κ1) is 15.6. The Morgan fingerprint density at radius 1 is 1.22 bits per heavy atom. The number of likely N-dealkylation sites (tertiary alicyclic amines) is 1. The predicted octanol–water partition coefficient (Wildman–Crippen LogP) is 2.17. The Labute approximate surface area is 135 Å².